The summed E-state index contributed by atoms with van der Waals surface area (Å²) in [6.45, 7) is 0.481. The Morgan fingerprint density at radius 1 is 1.18 bits per heavy atom. The fraction of sp³-hybridized carbons (Fsp3) is 0.167. The number of halogens is 2. The second-order valence-corrected chi connectivity index (χ2v) is 6.78. The Balaban J connectivity index is 2.13. The monoisotopic (exact) mass is 376 g/mol. The zero-order valence-electron chi connectivity index (χ0n) is 8.82. The SMILES string of the molecule is OCc1cccc(Br)c1OCc1ccc(Br)s1. The van der Waals surface area contributed by atoms with Gasteiger partial charge < -0.3 is 9.84 Å². The largest absolute Gasteiger partial charge is 0.487 e. The Bertz CT molecular complexity index is 511. The zero-order valence-corrected chi connectivity index (χ0v) is 12.8. The van der Waals surface area contributed by atoms with Crippen LogP contribution >= 0.6 is 43.2 Å². The van der Waals surface area contributed by atoms with Crippen LogP contribution in [0.1, 0.15) is 10.4 Å². The molecular weight excluding hydrogens is 368 g/mol. The maximum Gasteiger partial charge on any atom is 0.139 e. The van der Waals surface area contributed by atoms with E-state index in [1.807, 2.05) is 30.3 Å². The first-order chi connectivity index (χ1) is 8.20. The van der Waals surface area contributed by atoms with Crippen LogP contribution < -0.4 is 4.74 Å². The lowest BCUT2D eigenvalue weighted by molar-refractivity contribution is 0.259. The molecule has 0 saturated heterocycles. The topological polar surface area (TPSA) is 29.5 Å². The van der Waals surface area contributed by atoms with Crippen LogP contribution in [0.15, 0.2) is 38.6 Å². The van der Waals surface area contributed by atoms with Crippen LogP contribution in [0.5, 0.6) is 5.75 Å². The summed E-state index contributed by atoms with van der Waals surface area (Å²) in [7, 11) is 0. The molecule has 0 bridgehead atoms. The molecule has 2 rings (SSSR count). The number of hydrogen-bond donors (Lipinski definition) is 1. The van der Waals surface area contributed by atoms with E-state index >= 15 is 0 Å². The fourth-order valence-electron chi connectivity index (χ4n) is 1.41. The van der Waals surface area contributed by atoms with Crippen LogP contribution in [0.4, 0.5) is 0 Å². The van der Waals surface area contributed by atoms with E-state index < -0.39 is 0 Å². The molecule has 2 aromatic rings. The molecule has 0 fully saturated rings. The molecule has 0 spiro atoms. The normalized spacial score (nSPS) is 10.5. The van der Waals surface area contributed by atoms with E-state index in [0.29, 0.717) is 12.4 Å². The summed E-state index contributed by atoms with van der Waals surface area (Å²) in [6, 6.07) is 9.65. The number of aliphatic hydroxyl groups is 1. The molecule has 1 aromatic heterocycles. The third-order valence-electron chi connectivity index (χ3n) is 2.21. The van der Waals surface area contributed by atoms with Crippen molar-refractivity contribution in [3.63, 3.8) is 0 Å². The second kappa shape index (κ2) is 6.00. The lowest BCUT2D eigenvalue weighted by Crippen LogP contribution is -1.98. The first-order valence-electron chi connectivity index (χ1n) is 4.96. The molecule has 0 aliphatic carbocycles. The number of para-hydroxylation sites is 1. The van der Waals surface area contributed by atoms with Crippen LogP contribution in [0.3, 0.4) is 0 Å². The zero-order chi connectivity index (χ0) is 12.3. The van der Waals surface area contributed by atoms with Crippen LogP contribution in [-0.4, -0.2) is 5.11 Å². The van der Waals surface area contributed by atoms with Gasteiger partial charge in [-0.05, 0) is 50.1 Å². The summed E-state index contributed by atoms with van der Waals surface area (Å²) < 4.78 is 7.69. The van der Waals surface area contributed by atoms with Crippen LogP contribution in [-0.2, 0) is 13.2 Å². The molecule has 1 heterocycles. The van der Waals surface area contributed by atoms with Gasteiger partial charge in [-0.15, -0.1) is 11.3 Å². The molecule has 0 aliphatic heterocycles. The number of rotatable bonds is 4. The molecule has 90 valence electrons. The summed E-state index contributed by atoms with van der Waals surface area (Å²) in [6.07, 6.45) is 0. The van der Waals surface area contributed by atoms with E-state index in [2.05, 4.69) is 31.9 Å². The van der Waals surface area contributed by atoms with Crippen LogP contribution in [0, 0.1) is 0 Å². The number of benzene rings is 1. The highest BCUT2D eigenvalue weighted by Gasteiger charge is 2.08. The third-order valence-corrected chi connectivity index (χ3v) is 4.43. The molecule has 0 radical (unpaired) electrons. The third kappa shape index (κ3) is 3.31. The first-order valence-corrected chi connectivity index (χ1v) is 7.36. The summed E-state index contributed by atoms with van der Waals surface area (Å²) in [4.78, 5) is 1.14. The number of aliphatic hydroxyl groups excluding tert-OH is 1. The minimum atomic E-state index is -0.0249. The molecule has 1 N–H and O–H groups in total. The van der Waals surface area contributed by atoms with Crippen molar-refractivity contribution in [3.8, 4) is 5.75 Å². The van der Waals surface area contributed by atoms with Gasteiger partial charge in [0.2, 0.25) is 0 Å². The minimum Gasteiger partial charge on any atom is -0.487 e. The van der Waals surface area contributed by atoms with Gasteiger partial charge in [-0.2, -0.15) is 0 Å². The lowest BCUT2D eigenvalue weighted by atomic mass is 10.2. The van der Waals surface area contributed by atoms with Crippen molar-refractivity contribution in [2.24, 2.45) is 0 Å². The van der Waals surface area contributed by atoms with Crippen LogP contribution in [0.2, 0.25) is 0 Å². The number of hydrogen-bond acceptors (Lipinski definition) is 3. The molecule has 0 amide bonds. The molecule has 0 unspecified atom stereocenters. The Labute approximate surface area is 121 Å². The predicted molar refractivity (Wildman–Crippen MR) is 76.4 cm³/mol. The standard InChI is InChI=1S/C12H10Br2O2S/c13-10-3-1-2-8(6-15)12(10)16-7-9-4-5-11(14)17-9/h1-5,15H,6-7H2. The van der Waals surface area contributed by atoms with Crippen molar-refractivity contribution in [2.45, 2.75) is 13.2 Å². The van der Waals surface area contributed by atoms with Gasteiger partial charge in [-0.1, -0.05) is 12.1 Å². The lowest BCUT2D eigenvalue weighted by Gasteiger charge is -2.11. The molecule has 0 saturated carbocycles. The Morgan fingerprint density at radius 2 is 2.00 bits per heavy atom. The van der Waals surface area contributed by atoms with Gasteiger partial charge in [0.1, 0.15) is 12.4 Å². The van der Waals surface area contributed by atoms with E-state index in [9.17, 15) is 5.11 Å². The molecule has 5 heteroatoms. The number of ether oxygens (including phenoxy) is 1. The fourth-order valence-corrected chi connectivity index (χ4v) is 3.33. The van der Waals surface area contributed by atoms with Crippen molar-refractivity contribution in [1.29, 1.82) is 0 Å². The van der Waals surface area contributed by atoms with E-state index in [1.165, 1.54) is 0 Å². The highest BCUT2D eigenvalue weighted by molar-refractivity contribution is 9.11. The van der Waals surface area contributed by atoms with Crippen molar-refractivity contribution in [3.05, 3.63) is 49.0 Å². The van der Waals surface area contributed by atoms with E-state index in [1.54, 1.807) is 11.3 Å². The molecule has 2 nitrogen and oxygen atoms in total. The Hall–Kier alpha value is -0.360. The molecule has 0 aliphatic rings. The van der Waals surface area contributed by atoms with Gasteiger partial charge in [-0.3, -0.25) is 0 Å². The second-order valence-electron chi connectivity index (χ2n) is 3.38. The van der Waals surface area contributed by atoms with E-state index in [0.717, 1.165) is 18.7 Å². The molecular formula is C12H10Br2O2S. The summed E-state index contributed by atoms with van der Waals surface area (Å²) in [5.41, 5.74) is 0.787. The van der Waals surface area contributed by atoms with Gasteiger partial charge >= 0.3 is 0 Å². The highest BCUT2D eigenvalue weighted by Crippen LogP contribution is 2.31. The number of thiophene rings is 1. The van der Waals surface area contributed by atoms with Gasteiger partial charge in [0.25, 0.3) is 0 Å². The van der Waals surface area contributed by atoms with Crippen molar-refractivity contribution in [1.82, 2.24) is 0 Å². The maximum atomic E-state index is 9.24. The van der Waals surface area contributed by atoms with E-state index in [-0.39, 0.29) is 6.61 Å². The maximum absolute atomic E-state index is 9.24. The van der Waals surface area contributed by atoms with Gasteiger partial charge in [0.05, 0.1) is 14.9 Å². The van der Waals surface area contributed by atoms with Crippen molar-refractivity contribution in [2.75, 3.05) is 0 Å². The minimum absolute atomic E-state index is 0.0249. The molecule has 1 aromatic carbocycles. The summed E-state index contributed by atoms with van der Waals surface area (Å²) in [5.74, 6) is 0.708. The molecule has 0 atom stereocenters. The summed E-state index contributed by atoms with van der Waals surface area (Å²) in [5, 5.41) is 9.24. The van der Waals surface area contributed by atoms with Gasteiger partial charge in [0, 0.05) is 10.4 Å². The predicted octanol–water partition coefficient (Wildman–Crippen LogP) is 4.34. The Morgan fingerprint density at radius 3 is 2.65 bits per heavy atom. The van der Waals surface area contributed by atoms with E-state index in [4.69, 9.17) is 4.74 Å². The Kier molecular flexibility index (Phi) is 4.62. The van der Waals surface area contributed by atoms with Crippen molar-refractivity contribution < 1.29 is 9.84 Å². The van der Waals surface area contributed by atoms with Gasteiger partial charge in [0.15, 0.2) is 0 Å². The average Bonchev–Trinajstić information content (AvgIpc) is 2.73. The van der Waals surface area contributed by atoms with Crippen LogP contribution in [0.25, 0.3) is 0 Å². The smallest absolute Gasteiger partial charge is 0.139 e. The quantitative estimate of drug-likeness (QED) is 0.858. The van der Waals surface area contributed by atoms with Crippen molar-refractivity contribution >= 4 is 43.2 Å². The first kappa shape index (κ1) is 13.1. The molecule has 17 heavy (non-hydrogen) atoms. The summed E-state index contributed by atoms with van der Waals surface area (Å²) >= 11 is 8.48. The van der Waals surface area contributed by atoms with Gasteiger partial charge in [-0.25, -0.2) is 0 Å². The average molecular weight is 378 g/mol. The highest BCUT2D eigenvalue weighted by atomic mass is 79.9.